The van der Waals surface area contributed by atoms with Gasteiger partial charge in [-0.1, -0.05) is 12.8 Å². The van der Waals surface area contributed by atoms with Gasteiger partial charge < -0.3 is 10.2 Å². The van der Waals surface area contributed by atoms with Crippen LogP contribution in [0.2, 0.25) is 0 Å². The summed E-state index contributed by atoms with van der Waals surface area (Å²) in [7, 11) is 0. The Morgan fingerprint density at radius 1 is 0.714 bits per heavy atom. The van der Waals surface area contributed by atoms with Gasteiger partial charge in [0.15, 0.2) is 0 Å². The van der Waals surface area contributed by atoms with Gasteiger partial charge >= 0.3 is 11.9 Å². The number of carbonyl (C=O) groups is 2. The number of hydrogen-bond acceptors (Lipinski definition) is 2. The molecule has 0 fully saturated rings. The fourth-order valence-corrected chi connectivity index (χ4v) is 0.906. The Labute approximate surface area is 128 Å². The van der Waals surface area contributed by atoms with E-state index in [0.29, 0.717) is 12.8 Å². The van der Waals surface area contributed by atoms with Crippen molar-refractivity contribution in [3.63, 3.8) is 0 Å². The molecule has 2 N–H and O–H groups in total. The molecule has 0 aliphatic carbocycles. The van der Waals surface area contributed by atoms with Crippen molar-refractivity contribution in [2.24, 2.45) is 0 Å². The molecule has 14 heavy (non-hydrogen) atoms. The zero-order valence-electron chi connectivity index (χ0n) is 8.95. The Bertz CT molecular complexity index is 143. The van der Waals surface area contributed by atoms with Gasteiger partial charge in [-0.05, 0) is 12.8 Å². The van der Waals surface area contributed by atoms with Gasteiger partial charge in [0.1, 0.15) is 0 Å². The molecule has 6 heteroatoms. The van der Waals surface area contributed by atoms with Gasteiger partial charge in [-0.15, -0.1) is 0 Å². The normalized spacial score (nSPS) is 8.29. The predicted molar refractivity (Wildman–Crippen MR) is 54.5 cm³/mol. The molecule has 72 valence electrons. The summed E-state index contributed by atoms with van der Waals surface area (Å²) in [5.74, 6) is -1.57. The zero-order chi connectivity index (χ0) is 9.40. The van der Waals surface area contributed by atoms with Crippen LogP contribution in [0.3, 0.4) is 0 Å². The summed E-state index contributed by atoms with van der Waals surface area (Å²) in [4.78, 5) is 20.1. The molecule has 0 aliphatic heterocycles. The molecule has 0 atom stereocenters. The second-order valence-corrected chi connectivity index (χ2v) is 2.70. The third kappa shape index (κ3) is 18.7. The van der Waals surface area contributed by atoms with E-state index in [2.05, 4.69) is 0 Å². The number of carboxylic acid groups (broad SMARTS) is 2. The van der Waals surface area contributed by atoms with Gasteiger partial charge in [0.05, 0.1) is 0 Å². The number of rotatable bonds is 7. The molecule has 0 aromatic carbocycles. The molecule has 0 spiro atoms. The molecule has 2 radical (unpaired) electrons. The summed E-state index contributed by atoms with van der Waals surface area (Å²) in [6.45, 7) is 0. The van der Waals surface area contributed by atoms with Crippen LogP contribution in [0, 0.1) is 0 Å². The fourth-order valence-electron chi connectivity index (χ4n) is 0.906. The topological polar surface area (TPSA) is 74.6 Å². The molecule has 0 saturated carbocycles. The average molecular weight is 220 g/mol. The fraction of sp³-hybridized carbons (Fsp3) is 0.750. The first kappa shape index (κ1) is 20.4. The van der Waals surface area contributed by atoms with E-state index in [1.54, 1.807) is 0 Å². The van der Waals surface area contributed by atoms with Crippen molar-refractivity contribution in [3.8, 4) is 0 Å². The minimum atomic E-state index is -0.784. The van der Waals surface area contributed by atoms with Crippen LogP contribution >= 0.6 is 0 Å². The van der Waals surface area contributed by atoms with Crippen LogP contribution in [0.15, 0.2) is 0 Å². The molecule has 0 aliphatic rings. The van der Waals surface area contributed by atoms with Gasteiger partial charge in [0.25, 0.3) is 0 Å². The first-order valence-electron chi connectivity index (χ1n) is 4.06. The Morgan fingerprint density at radius 2 is 1.00 bits per heavy atom. The Hall–Kier alpha value is 0.940. The van der Waals surface area contributed by atoms with Crippen molar-refractivity contribution in [1.29, 1.82) is 0 Å². The summed E-state index contributed by atoms with van der Waals surface area (Å²) in [5, 5.41) is 16.5. The van der Waals surface area contributed by atoms with Crippen LogP contribution in [0.1, 0.15) is 38.5 Å². The minimum Gasteiger partial charge on any atom is -0.481 e. The van der Waals surface area contributed by atoms with Crippen LogP contribution in [0.25, 0.3) is 0 Å². The molecule has 0 amide bonds. The maximum Gasteiger partial charge on any atom is 0.303 e. The molecular weight excluding hydrogens is 206 g/mol. The monoisotopic (exact) mass is 220 g/mol. The molecule has 0 aromatic rings. The molecule has 0 rings (SSSR count). The first-order chi connectivity index (χ1) is 5.63. The maximum absolute atomic E-state index is 10.0. The van der Waals surface area contributed by atoms with Crippen molar-refractivity contribution < 1.29 is 19.8 Å². The summed E-state index contributed by atoms with van der Waals surface area (Å²) in [5.41, 5.74) is 0. The van der Waals surface area contributed by atoms with E-state index in [1.165, 1.54) is 0 Å². The van der Waals surface area contributed by atoms with E-state index in [1.807, 2.05) is 0 Å². The molecule has 0 aromatic heterocycles. The van der Waals surface area contributed by atoms with Crippen molar-refractivity contribution in [2.45, 2.75) is 38.5 Å². The molecule has 0 bridgehead atoms. The average Bonchev–Trinajstić information content (AvgIpc) is 1.95. The smallest absolute Gasteiger partial charge is 0.303 e. The van der Waals surface area contributed by atoms with Crippen LogP contribution < -0.4 is 0 Å². The van der Waals surface area contributed by atoms with E-state index < -0.39 is 11.9 Å². The molecule has 4 nitrogen and oxygen atoms in total. The molecule has 0 saturated heterocycles. The summed E-state index contributed by atoms with van der Waals surface area (Å²) >= 11 is 0. The third-order valence-corrected chi connectivity index (χ3v) is 1.53. The number of unbranched alkanes of at least 4 members (excludes halogenated alkanes) is 3. The van der Waals surface area contributed by atoms with Gasteiger partial charge in [0.2, 0.25) is 0 Å². The van der Waals surface area contributed by atoms with E-state index >= 15 is 0 Å². The SMILES string of the molecule is O=C(O)CCCCCCC(=O)O.[Na].[Na]. The largest absolute Gasteiger partial charge is 0.481 e. The van der Waals surface area contributed by atoms with Crippen molar-refractivity contribution in [1.82, 2.24) is 0 Å². The Balaban J connectivity index is -0.000000605. The van der Waals surface area contributed by atoms with E-state index in [9.17, 15) is 9.59 Å². The van der Waals surface area contributed by atoms with E-state index in [-0.39, 0.29) is 72.0 Å². The number of hydrogen-bond donors (Lipinski definition) is 2. The van der Waals surface area contributed by atoms with Crippen molar-refractivity contribution in [3.05, 3.63) is 0 Å². The minimum absolute atomic E-state index is 0. The van der Waals surface area contributed by atoms with Gasteiger partial charge in [0, 0.05) is 72.0 Å². The Morgan fingerprint density at radius 3 is 1.21 bits per heavy atom. The first-order valence-corrected chi connectivity index (χ1v) is 4.06. The third-order valence-electron chi connectivity index (χ3n) is 1.53. The van der Waals surface area contributed by atoms with Crippen LogP contribution in [-0.4, -0.2) is 81.3 Å². The maximum atomic E-state index is 10.0. The molecular formula is C8H14Na2O4. The quantitative estimate of drug-likeness (QED) is 0.490. The summed E-state index contributed by atoms with van der Waals surface area (Å²) in [6, 6.07) is 0. The van der Waals surface area contributed by atoms with Crippen molar-refractivity contribution in [2.75, 3.05) is 0 Å². The summed E-state index contributed by atoms with van der Waals surface area (Å²) in [6.07, 6.45) is 3.28. The van der Waals surface area contributed by atoms with E-state index in [0.717, 1.165) is 12.8 Å². The van der Waals surface area contributed by atoms with Crippen LogP contribution in [0.5, 0.6) is 0 Å². The Kier molecular flexibility index (Phi) is 20.3. The zero-order valence-corrected chi connectivity index (χ0v) is 13.0. The predicted octanol–water partition coefficient (Wildman–Crippen LogP) is 0.735. The number of carboxylic acids is 2. The van der Waals surface area contributed by atoms with E-state index in [4.69, 9.17) is 10.2 Å². The standard InChI is InChI=1S/C8H14O4.2Na/c9-7(10)5-3-1-2-4-6-8(11)12;;/h1-6H2,(H,9,10)(H,11,12);;. The molecule has 0 heterocycles. The van der Waals surface area contributed by atoms with Gasteiger partial charge in [-0.2, -0.15) is 0 Å². The second-order valence-electron chi connectivity index (χ2n) is 2.70. The second kappa shape index (κ2) is 13.9. The van der Waals surface area contributed by atoms with Crippen LogP contribution in [-0.2, 0) is 9.59 Å². The summed E-state index contributed by atoms with van der Waals surface area (Å²) < 4.78 is 0. The van der Waals surface area contributed by atoms with Gasteiger partial charge in [-0.3, -0.25) is 9.59 Å². The van der Waals surface area contributed by atoms with Gasteiger partial charge in [-0.25, -0.2) is 0 Å². The number of aliphatic carboxylic acids is 2. The van der Waals surface area contributed by atoms with Crippen LogP contribution in [0.4, 0.5) is 0 Å². The molecule has 0 unspecified atom stereocenters. The van der Waals surface area contributed by atoms with Crippen molar-refractivity contribution >= 4 is 71.1 Å².